The number of aromatic nitrogens is 4. The standard InChI is InChI=1S/C20H16N5O3.ClH/c1-28-19-9-5-8-18(14-19)24-22-20(15-6-3-2-4-7-15)21-23(24)16-10-12-17(13-11-16)25(26)27;/h2-14H,1H3;1H/q+1;/p-1. The van der Waals surface area contributed by atoms with Gasteiger partial charge in [0, 0.05) is 23.0 Å². The van der Waals surface area contributed by atoms with Crippen molar-refractivity contribution >= 4 is 5.69 Å². The maximum Gasteiger partial charge on any atom is 0.340 e. The highest BCUT2D eigenvalue weighted by atomic mass is 35.5. The van der Waals surface area contributed by atoms with Crippen molar-refractivity contribution in [1.29, 1.82) is 0 Å². The molecule has 4 aromatic rings. The number of tetrazole rings is 1. The first-order valence-electron chi connectivity index (χ1n) is 8.50. The molecule has 1 aromatic heterocycles. The largest absolute Gasteiger partial charge is 1.00 e. The van der Waals surface area contributed by atoms with Gasteiger partial charge < -0.3 is 17.1 Å². The van der Waals surface area contributed by atoms with Crippen LogP contribution in [0.25, 0.3) is 22.8 Å². The number of rotatable bonds is 5. The van der Waals surface area contributed by atoms with Crippen molar-refractivity contribution in [2.24, 2.45) is 0 Å². The van der Waals surface area contributed by atoms with Crippen molar-refractivity contribution in [2.45, 2.75) is 0 Å². The summed E-state index contributed by atoms with van der Waals surface area (Å²) < 4.78 is 5.31. The summed E-state index contributed by atoms with van der Waals surface area (Å²) in [6, 6.07) is 23.2. The average molecular weight is 410 g/mol. The van der Waals surface area contributed by atoms with Crippen LogP contribution in [0, 0.1) is 10.1 Å². The molecule has 0 saturated carbocycles. The Morgan fingerprint density at radius 1 is 1.00 bits per heavy atom. The molecule has 146 valence electrons. The van der Waals surface area contributed by atoms with Crippen LogP contribution in [0.1, 0.15) is 0 Å². The Hall–Kier alpha value is -3.78. The summed E-state index contributed by atoms with van der Waals surface area (Å²) in [5.41, 5.74) is 2.26. The van der Waals surface area contributed by atoms with Gasteiger partial charge in [-0.25, -0.2) is 0 Å². The van der Waals surface area contributed by atoms with E-state index in [1.807, 2.05) is 54.6 Å². The van der Waals surface area contributed by atoms with Crippen molar-refractivity contribution in [3.05, 3.63) is 89.0 Å². The van der Waals surface area contributed by atoms with Crippen LogP contribution in [0.2, 0.25) is 0 Å². The number of hydrogen-bond donors (Lipinski definition) is 0. The number of nitro benzene ring substituents is 1. The molecular formula is C20H16ClN5O3. The summed E-state index contributed by atoms with van der Waals surface area (Å²) in [6.07, 6.45) is 0. The summed E-state index contributed by atoms with van der Waals surface area (Å²) >= 11 is 0. The Morgan fingerprint density at radius 3 is 2.38 bits per heavy atom. The molecule has 3 aromatic carbocycles. The number of non-ortho nitro benzene ring substituents is 1. The molecular weight excluding hydrogens is 394 g/mol. The summed E-state index contributed by atoms with van der Waals surface area (Å²) in [6.45, 7) is 0. The number of halogens is 1. The van der Waals surface area contributed by atoms with Gasteiger partial charge in [-0.2, -0.15) is 0 Å². The first kappa shape index (κ1) is 20.0. The second-order valence-electron chi connectivity index (χ2n) is 5.94. The van der Waals surface area contributed by atoms with E-state index in [0.29, 0.717) is 17.3 Å². The predicted molar refractivity (Wildman–Crippen MR) is 102 cm³/mol. The topological polar surface area (TPSA) is 87.0 Å². The van der Waals surface area contributed by atoms with E-state index in [0.717, 1.165) is 11.3 Å². The maximum absolute atomic E-state index is 10.9. The lowest BCUT2D eigenvalue weighted by Crippen LogP contribution is -3.00. The number of hydrogen-bond acceptors (Lipinski definition) is 5. The lowest BCUT2D eigenvalue weighted by molar-refractivity contribution is -0.734. The number of ether oxygens (including phenoxy) is 1. The van der Waals surface area contributed by atoms with Crippen LogP contribution < -0.4 is 21.9 Å². The first-order chi connectivity index (χ1) is 13.7. The highest BCUT2D eigenvalue weighted by Crippen LogP contribution is 2.18. The summed E-state index contributed by atoms with van der Waals surface area (Å²) in [7, 11) is 1.60. The van der Waals surface area contributed by atoms with Crippen LogP contribution in [0.3, 0.4) is 0 Å². The summed E-state index contributed by atoms with van der Waals surface area (Å²) in [5, 5.41) is 20.2. The minimum atomic E-state index is -0.434. The van der Waals surface area contributed by atoms with Crippen LogP contribution in [0.15, 0.2) is 78.9 Å². The van der Waals surface area contributed by atoms with Crippen molar-refractivity contribution in [1.82, 2.24) is 15.0 Å². The third-order valence-corrected chi connectivity index (χ3v) is 4.17. The Kier molecular flexibility index (Phi) is 5.85. The van der Waals surface area contributed by atoms with E-state index in [4.69, 9.17) is 4.74 Å². The molecule has 0 bridgehead atoms. The summed E-state index contributed by atoms with van der Waals surface area (Å²) in [5.74, 6) is 1.21. The number of nitrogens with zero attached hydrogens (tertiary/aromatic N) is 5. The minimum absolute atomic E-state index is 0. The Morgan fingerprint density at radius 2 is 1.72 bits per heavy atom. The first-order valence-corrected chi connectivity index (χ1v) is 8.50. The van der Waals surface area contributed by atoms with Crippen LogP contribution in [0.4, 0.5) is 5.69 Å². The van der Waals surface area contributed by atoms with Crippen molar-refractivity contribution in [3.8, 4) is 28.5 Å². The second kappa shape index (κ2) is 8.49. The molecule has 4 rings (SSSR count). The molecule has 29 heavy (non-hydrogen) atoms. The molecule has 9 heteroatoms. The average Bonchev–Trinajstić information content (AvgIpc) is 3.20. The van der Waals surface area contributed by atoms with Crippen molar-refractivity contribution in [2.75, 3.05) is 7.11 Å². The molecule has 0 aliphatic rings. The van der Waals surface area contributed by atoms with Gasteiger partial charge in [0.1, 0.15) is 11.4 Å². The van der Waals surface area contributed by atoms with Gasteiger partial charge in [0.25, 0.3) is 5.69 Å². The summed E-state index contributed by atoms with van der Waals surface area (Å²) in [4.78, 5) is 13.7. The molecule has 0 spiro atoms. The molecule has 0 unspecified atom stereocenters. The molecule has 8 nitrogen and oxygen atoms in total. The molecule has 0 amide bonds. The smallest absolute Gasteiger partial charge is 0.340 e. The van der Waals surface area contributed by atoms with E-state index in [2.05, 4.69) is 10.2 Å². The third kappa shape index (κ3) is 4.07. The van der Waals surface area contributed by atoms with Crippen LogP contribution in [-0.4, -0.2) is 27.0 Å². The molecule has 0 atom stereocenters. The Labute approximate surface area is 172 Å². The quantitative estimate of drug-likeness (QED) is 0.266. The lowest BCUT2D eigenvalue weighted by Gasteiger charge is -2.02. The van der Waals surface area contributed by atoms with E-state index in [9.17, 15) is 10.1 Å². The molecule has 1 heterocycles. The highest BCUT2D eigenvalue weighted by Gasteiger charge is 2.24. The number of methoxy groups -OCH3 is 1. The van der Waals surface area contributed by atoms with E-state index >= 15 is 0 Å². The van der Waals surface area contributed by atoms with Gasteiger partial charge >= 0.3 is 5.82 Å². The van der Waals surface area contributed by atoms with Crippen LogP contribution in [-0.2, 0) is 0 Å². The normalized spacial score (nSPS) is 10.2. The second-order valence-corrected chi connectivity index (χ2v) is 5.94. The maximum atomic E-state index is 10.9. The number of benzene rings is 3. The predicted octanol–water partition coefficient (Wildman–Crippen LogP) is 0.132. The van der Waals surface area contributed by atoms with Crippen LogP contribution >= 0.6 is 0 Å². The van der Waals surface area contributed by atoms with E-state index in [-0.39, 0.29) is 18.1 Å². The zero-order chi connectivity index (χ0) is 19.5. The van der Waals surface area contributed by atoms with Gasteiger partial charge in [-0.15, -0.1) is 0 Å². The molecule has 0 radical (unpaired) electrons. The van der Waals surface area contributed by atoms with E-state index in [1.54, 1.807) is 28.8 Å². The fourth-order valence-corrected chi connectivity index (χ4v) is 2.76. The Bertz CT molecular complexity index is 1130. The zero-order valence-electron chi connectivity index (χ0n) is 15.3. The van der Waals surface area contributed by atoms with Gasteiger partial charge in [-0.1, -0.05) is 24.3 Å². The number of nitro groups is 1. The van der Waals surface area contributed by atoms with E-state index in [1.165, 1.54) is 12.1 Å². The van der Waals surface area contributed by atoms with Gasteiger partial charge in [0.15, 0.2) is 5.69 Å². The fraction of sp³-hybridized carbons (Fsp3) is 0.0500. The zero-order valence-corrected chi connectivity index (χ0v) is 16.1. The molecule has 0 fully saturated rings. The fourth-order valence-electron chi connectivity index (χ4n) is 2.76. The van der Waals surface area contributed by atoms with Gasteiger partial charge in [-0.3, -0.25) is 10.1 Å². The lowest BCUT2D eigenvalue weighted by atomic mass is 10.2. The molecule has 0 saturated heterocycles. The molecule has 0 aliphatic carbocycles. The van der Waals surface area contributed by atoms with Gasteiger partial charge in [0.05, 0.1) is 22.7 Å². The van der Waals surface area contributed by atoms with Crippen molar-refractivity contribution in [3.63, 3.8) is 0 Å². The van der Waals surface area contributed by atoms with Crippen molar-refractivity contribution < 1.29 is 26.9 Å². The van der Waals surface area contributed by atoms with E-state index < -0.39 is 4.92 Å². The van der Waals surface area contributed by atoms with Crippen LogP contribution in [0.5, 0.6) is 5.75 Å². The Balaban J connectivity index is 0.00000240. The monoisotopic (exact) mass is 409 g/mol. The minimum Gasteiger partial charge on any atom is -1.00 e. The van der Waals surface area contributed by atoms with Gasteiger partial charge in [0.2, 0.25) is 0 Å². The molecule has 0 aliphatic heterocycles. The third-order valence-electron chi connectivity index (χ3n) is 4.17. The highest BCUT2D eigenvalue weighted by molar-refractivity contribution is 5.53. The van der Waals surface area contributed by atoms with Gasteiger partial charge in [-0.05, 0) is 46.3 Å². The molecule has 0 N–H and O–H groups in total. The SMILES string of the molecule is COc1cccc(-[n+]2nc(-c3ccccc3)nn2-c2ccc([N+](=O)[O-])cc2)c1.[Cl-].